The predicted octanol–water partition coefficient (Wildman–Crippen LogP) is 2.55. The molecule has 0 unspecified atom stereocenters. The lowest BCUT2D eigenvalue weighted by molar-refractivity contribution is -0.142. The Balaban J connectivity index is 1.47. The van der Waals surface area contributed by atoms with Crippen molar-refractivity contribution in [2.75, 3.05) is 39.5 Å². The second-order valence-corrected chi connectivity index (χ2v) is 7.63. The number of ether oxygens (including phenoxy) is 2. The Hall–Kier alpha value is -1.66. The van der Waals surface area contributed by atoms with Gasteiger partial charge in [-0.05, 0) is 43.0 Å². The van der Waals surface area contributed by atoms with Crippen LogP contribution in [0.25, 0.3) is 0 Å². The van der Waals surface area contributed by atoms with Crippen molar-refractivity contribution in [3.63, 3.8) is 0 Å². The Bertz CT molecular complexity index is 581. The molecule has 3 rings (SSSR count). The van der Waals surface area contributed by atoms with Gasteiger partial charge in [-0.15, -0.1) is 0 Å². The second-order valence-electron chi connectivity index (χ2n) is 7.63. The minimum absolute atomic E-state index is 0.000197. The summed E-state index contributed by atoms with van der Waals surface area (Å²) in [4.78, 5) is 16.7. The van der Waals surface area contributed by atoms with E-state index in [1.165, 1.54) is 24.3 Å². The van der Waals surface area contributed by atoms with Gasteiger partial charge in [-0.25, -0.2) is 4.39 Å². The van der Waals surface area contributed by atoms with Gasteiger partial charge in [0.25, 0.3) is 5.91 Å². The standard InChI is InChI=1S/C20H29FN2O3/c1-15(2)11-23(17-7-9-25-10-8-17)18-12-22(13-18)20(24)14-26-19-5-3-16(21)4-6-19/h3-6,15,17-18H,7-14H2,1-2H3. The van der Waals surface area contributed by atoms with E-state index in [0.29, 0.717) is 23.8 Å². The molecule has 26 heavy (non-hydrogen) atoms. The lowest BCUT2D eigenvalue weighted by Gasteiger charge is -2.49. The van der Waals surface area contributed by atoms with Gasteiger partial charge in [0.05, 0.1) is 0 Å². The molecule has 0 radical (unpaired) electrons. The maximum absolute atomic E-state index is 12.9. The minimum atomic E-state index is -0.312. The van der Waals surface area contributed by atoms with E-state index in [1.54, 1.807) is 0 Å². The lowest BCUT2D eigenvalue weighted by Crippen LogP contribution is -2.64. The van der Waals surface area contributed by atoms with Crippen LogP contribution in [0, 0.1) is 11.7 Å². The van der Waals surface area contributed by atoms with E-state index in [0.717, 1.165) is 45.7 Å². The third kappa shape index (κ3) is 4.95. The van der Waals surface area contributed by atoms with Crippen molar-refractivity contribution in [1.29, 1.82) is 0 Å². The molecule has 2 aliphatic heterocycles. The first-order chi connectivity index (χ1) is 12.5. The first-order valence-electron chi connectivity index (χ1n) is 9.52. The number of carbonyl (C=O) groups is 1. The van der Waals surface area contributed by atoms with Crippen molar-refractivity contribution in [2.24, 2.45) is 5.92 Å². The van der Waals surface area contributed by atoms with Crippen LogP contribution in [0.15, 0.2) is 24.3 Å². The Morgan fingerprint density at radius 1 is 1.23 bits per heavy atom. The van der Waals surface area contributed by atoms with Gasteiger partial charge in [-0.3, -0.25) is 9.69 Å². The molecule has 0 aromatic heterocycles. The molecule has 0 N–H and O–H groups in total. The summed E-state index contributed by atoms with van der Waals surface area (Å²) in [5.74, 6) is 0.791. The van der Waals surface area contributed by atoms with E-state index >= 15 is 0 Å². The first-order valence-corrected chi connectivity index (χ1v) is 9.52. The van der Waals surface area contributed by atoms with E-state index in [4.69, 9.17) is 9.47 Å². The monoisotopic (exact) mass is 364 g/mol. The molecule has 0 aliphatic carbocycles. The number of carbonyl (C=O) groups excluding carboxylic acids is 1. The Morgan fingerprint density at radius 3 is 2.50 bits per heavy atom. The van der Waals surface area contributed by atoms with Crippen LogP contribution in [0.1, 0.15) is 26.7 Å². The summed E-state index contributed by atoms with van der Waals surface area (Å²) < 4.78 is 23.9. The number of benzene rings is 1. The van der Waals surface area contributed by atoms with Gasteiger partial charge in [0.2, 0.25) is 0 Å². The molecule has 5 nitrogen and oxygen atoms in total. The summed E-state index contributed by atoms with van der Waals surface area (Å²) in [6, 6.07) is 6.72. The van der Waals surface area contributed by atoms with Crippen LogP contribution in [-0.4, -0.2) is 67.2 Å². The van der Waals surface area contributed by atoms with Gasteiger partial charge >= 0.3 is 0 Å². The number of hydrogen-bond acceptors (Lipinski definition) is 4. The highest BCUT2D eigenvalue weighted by Crippen LogP contribution is 2.24. The molecule has 2 fully saturated rings. The molecule has 0 saturated carbocycles. The summed E-state index contributed by atoms with van der Waals surface area (Å²) in [6.45, 7) is 8.73. The lowest BCUT2D eigenvalue weighted by atomic mass is 9.98. The zero-order chi connectivity index (χ0) is 18.5. The third-order valence-electron chi connectivity index (χ3n) is 5.10. The normalized spacial score (nSPS) is 19.0. The molecule has 2 aliphatic rings. The fourth-order valence-electron chi connectivity index (χ4n) is 3.67. The molecule has 1 aromatic carbocycles. The van der Waals surface area contributed by atoms with Crippen molar-refractivity contribution >= 4 is 5.91 Å². The van der Waals surface area contributed by atoms with E-state index in [2.05, 4.69) is 18.7 Å². The second kappa shape index (κ2) is 8.82. The van der Waals surface area contributed by atoms with Crippen LogP contribution in [0.3, 0.4) is 0 Å². The Kier molecular flexibility index (Phi) is 6.48. The number of amides is 1. The quantitative estimate of drug-likeness (QED) is 0.746. The molecule has 0 spiro atoms. The zero-order valence-electron chi connectivity index (χ0n) is 15.7. The SMILES string of the molecule is CC(C)CN(C1CCOCC1)C1CN(C(=O)COc2ccc(F)cc2)C1. The van der Waals surface area contributed by atoms with Crippen molar-refractivity contribution < 1.29 is 18.7 Å². The first kappa shape index (κ1) is 19.1. The highest BCUT2D eigenvalue weighted by atomic mass is 19.1. The maximum Gasteiger partial charge on any atom is 0.260 e. The highest BCUT2D eigenvalue weighted by Gasteiger charge is 2.38. The highest BCUT2D eigenvalue weighted by molar-refractivity contribution is 5.78. The van der Waals surface area contributed by atoms with Crippen LogP contribution in [0.2, 0.25) is 0 Å². The van der Waals surface area contributed by atoms with Crippen LogP contribution in [-0.2, 0) is 9.53 Å². The van der Waals surface area contributed by atoms with Crippen molar-refractivity contribution in [3.8, 4) is 5.75 Å². The van der Waals surface area contributed by atoms with Crippen LogP contribution >= 0.6 is 0 Å². The van der Waals surface area contributed by atoms with E-state index in [-0.39, 0.29) is 18.3 Å². The summed E-state index contributed by atoms with van der Waals surface area (Å²) >= 11 is 0. The van der Waals surface area contributed by atoms with Gasteiger partial charge in [0, 0.05) is 44.9 Å². The molecular formula is C20H29FN2O3. The summed E-state index contributed by atoms with van der Waals surface area (Å²) in [5.41, 5.74) is 0. The van der Waals surface area contributed by atoms with Crippen molar-refractivity contribution in [1.82, 2.24) is 9.80 Å². The number of nitrogens with zero attached hydrogens (tertiary/aromatic N) is 2. The van der Waals surface area contributed by atoms with Crippen LogP contribution in [0.5, 0.6) is 5.75 Å². The summed E-state index contributed by atoms with van der Waals surface area (Å²) in [7, 11) is 0. The maximum atomic E-state index is 12.9. The number of rotatable bonds is 7. The van der Waals surface area contributed by atoms with Gasteiger partial charge in [0.15, 0.2) is 6.61 Å². The van der Waals surface area contributed by atoms with Gasteiger partial charge < -0.3 is 14.4 Å². The van der Waals surface area contributed by atoms with E-state index in [9.17, 15) is 9.18 Å². The smallest absolute Gasteiger partial charge is 0.260 e. The average molecular weight is 364 g/mol. The molecular weight excluding hydrogens is 335 g/mol. The Labute approximate surface area is 155 Å². The Morgan fingerprint density at radius 2 is 1.88 bits per heavy atom. The predicted molar refractivity (Wildman–Crippen MR) is 97.6 cm³/mol. The largest absolute Gasteiger partial charge is 0.484 e. The van der Waals surface area contributed by atoms with Gasteiger partial charge in [-0.2, -0.15) is 0 Å². The van der Waals surface area contributed by atoms with Crippen molar-refractivity contribution in [3.05, 3.63) is 30.1 Å². The topological polar surface area (TPSA) is 42.0 Å². The summed E-state index contributed by atoms with van der Waals surface area (Å²) in [5, 5.41) is 0. The van der Waals surface area contributed by atoms with Gasteiger partial charge in [0.1, 0.15) is 11.6 Å². The molecule has 1 aromatic rings. The fourth-order valence-corrected chi connectivity index (χ4v) is 3.67. The van der Waals surface area contributed by atoms with Crippen LogP contribution < -0.4 is 4.74 Å². The number of halogens is 1. The van der Waals surface area contributed by atoms with Crippen LogP contribution in [0.4, 0.5) is 4.39 Å². The number of likely N-dealkylation sites (tertiary alicyclic amines) is 1. The molecule has 0 bridgehead atoms. The van der Waals surface area contributed by atoms with E-state index < -0.39 is 0 Å². The fraction of sp³-hybridized carbons (Fsp3) is 0.650. The molecule has 144 valence electrons. The molecule has 2 heterocycles. The number of hydrogen-bond donors (Lipinski definition) is 0. The minimum Gasteiger partial charge on any atom is -0.484 e. The molecule has 2 saturated heterocycles. The van der Waals surface area contributed by atoms with Gasteiger partial charge in [-0.1, -0.05) is 13.8 Å². The third-order valence-corrected chi connectivity index (χ3v) is 5.10. The molecule has 1 amide bonds. The molecule has 0 atom stereocenters. The van der Waals surface area contributed by atoms with E-state index in [1.807, 2.05) is 4.90 Å². The zero-order valence-corrected chi connectivity index (χ0v) is 15.7. The summed E-state index contributed by atoms with van der Waals surface area (Å²) in [6.07, 6.45) is 2.15. The van der Waals surface area contributed by atoms with Crippen molar-refractivity contribution in [2.45, 2.75) is 38.8 Å². The molecule has 6 heteroatoms. The average Bonchev–Trinajstić information content (AvgIpc) is 2.59.